The summed E-state index contributed by atoms with van der Waals surface area (Å²) in [6.45, 7) is 3.58. The summed E-state index contributed by atoms with van der Waals surface area (Å²) in [6, 6.07) is 4.69. The number of sulfonamides is 1. The topological polar surface area (TPSA) is 55.8 Å². The van der Waals surface area contributed by atoms with Crippen LogP contribution in [0.25, 0.3) is 0 Å². The lowest BCUT2D eigenvalue weighted by atomic mass is 10.3. The van der Waals surface area contributed by atoms with Crippen molar-refractivity contribution in [2.24, 2.45) is 0 Å². The van der Waals surface area contributed by atoms with Gasteiger partial charge in [-0.3, -0.25) is 0 Å². The summed E-state index contributed by atoms with van der Waals surface area (Å²) in [6.07, 6.45) is 0.737. The van der Waals surface area contributed by atoms with Crippen LogP contribution in [-0.4, -0.2) is 44.9 Å². The minimum Gasteiger partial charge on any atom is -0.486 e. The van der Waals surface area contributed by atoms with Crippen LogP contribution < -0.4 is 9.47 Å². The van der Waals surface area contributed by atoms with E-state index in [0.717, 1.165) is 6.42 Å². The van der Waals surface area contributed by atoms with Crippen molar-refractivity contribution < 1.29 is 17.9 Å². The van der Waals surface area contributed by atoms with E-state index in [9.17, 15) is 8.42 Å². The third-order valence-electron chi connectivity index (χ3n) is 2.96. The summed E-state index contributed by atoms with van der Waals surface area (Å²) < 4.78 is 37.3. The molecule has 20 heavy (non-hydrogen) atoms. The van der Waals surface area contributed by atoms with Crippen LogP contribution in [0.2, 0.25) is 0 Å². The molecule has 0 saturated heterocycles. The molecular formula is C13H18ClNO4S. The van der Waals surface area contributed by atoms with E-state index < -0.39 is 10.0 Å². The highest BCUT2D eigenvalue weighted by molar-refractivity contribution is 7.89. The van der Waals surface area contributed by atoms with E-state index in [1.807, 2.05) is 6.92 Å². The van der Waals surface area contributed by atoms with Gasteiger partial charge >= 0.3 is 0 Å². The lowest BCUT2D eigenvalue weighted by molar-refractivity contribution is 0.171. The Hall–Kier alpha value is -0.980. The number of benzene rings is 1. The number of ether oxygens (including phenoxy) is 2. The number of fused-ring (bicyclic) bond motifs is 1. The van der Waals surface area contributed by atoms with Crippen LogP contribution in [-0.2, 0) is 10.0 Å². The highest BCUT2D eigenvalue weighted by Gasteiger charge is 2.25. The van der Waals surface area contributed by atoms with E-state index in [1.165, 1.54) is 10.4 Å². The Kier molecular flexibility index (Phi) is 5.12. The van der Waals surface area contributed by atoms with E-state index in [-0.39, 0.29) is 10.8 Å². The first kappa shape index (κ1) is 15.4. The van der Waals surface area contributed by atoms with Crippen LogP contribution in [0, 0.1) is 0 Å². The lowest BCUT2D eigenvalue weighted by Gasteiger charge is -2.23. The molecule has 0 fully saturated rings. The molecule has 1 heterocycles. The van der Waals surface area contributed by atoms with Crippen molar-refractivity contribution in [1.29, 1.82) is 0 Å². The van der Waals surface area contributed by atoms with E-state index in [4.69, 9.17) is 21.1 Å². The van der Waals surface area contributed by atoms with E-state index >= 15 is 0 Å². The van der Waals surface area contributed by atoms with Crippen LogP contribution in [0.5, 0.6) is 11.5 Å². The Balaban J connectivity index is 2.32. The molecule has 0 amide bonds. The average Bonchev–Trinajstić information content (AvgIpc) is 2.46. The highest BCUT2D eigenvalue weighted by atomic mass is 35.5. The van der Waals surface area contributed by atoms with Crippen molar-refractivity contribution >= 4 is 21.6 Å². The summed E-state index contributed by atoms with van der Waals surface area (Å²) in [5, 5.41) is 0. The summed E-state index contributed by atoms with van der Waals surface area (Å²) in [5.41, 5.74) is 0. The average molecular weight is 320 g/mol. The van der Waals surface area contributed by atoms with Crippen LogP contribution in [0.15, 0.2) is 23.1 Å². The van der Waals surface area contributed by atoms with Gasteiger partial charge in [-0.05, 0) is 18.6 Å². The Morgan fingerprint density at radius 2 is 1.90 bits per heavy atom. The van der Waals surface area contributed by atoms with Gasteiger partial charge < -0.3 is 9.47 Å². The first-order valence-corrected chi connectivity index (χ1v) is 8.53. The first-order chi connectivity index (χ1) is 9.59. The third kappa shape index (κ3) is 3.19. The molecule has 0 bridgehead atoms. The van der Waals surface area contributed by atoms with Gasteiger partial charge in [0.2, 0.25) is 10.0 Å². The Morgan fingerprint density at radius 3 is 2.55 bits per heavy atom. The second-order valence-electron chi connectivity index (χ2n) is 4.40. The smallest absolute Gasteiger partial charge is 0.243 e. The zero-order chi connectivity index (χ0) is 14.6. The van der Waals surface area contributed by atoms with Crippen LogP contribution >= 0.6 is 11.6 Å². The molecule has 1 aromatic rings. The summed E-state index contributed by atoms with van der Waals surface area (Å²) in [4.78, 5) is 0.209. The molecule has 0 saturated carbocycles. The molecule has 0 spiro atoms. The maximum atomic E-state index is 12.6. The van der Waals surface area contributed by atoms with E-state index in [2.05, 4.69) is 0 Å². The van der Waals surface area contributed by atoms with Gasteiger partial charge in [-0.25, -0.2) is 8.42 Å². The first-order valence-electron chi connectivity index (χ1n) is 6.55. The fourth-order valence-electron chi connectivity index (χ4n) is 2.03. The van der Waals surface area contributed by atoms with Crippen molar-refractivity contribution in [2.75, 3.05) is 32.2 Å². The molecule has 0 unspecified atom stereocenters. The number of alkyl halides is 1. The van der Waals surface area contributed by atoms with Crippen molar-refractivity contribution in [3.05, 3.63) is 18.2 Å². The molecule has 7 heteroatoms. The standard InChI is InChI=1S/C13H18ClNO4S/c1-2-6-15(7-5-14)20(16,17)11-3-4-12-13(10-11)19-9-8-18-12/h3-4,10H,2,5-9H2,1H3. The van der Waals surface area contributed by atoms with Crippen molar-refractivity contribution in [2.45, 2.75) is 18.2 Å². The molecule has 0 N–H and O–H groups in total. The maximum Gasteiger partial charge on any atom is 0.243 e. The molecule has 1 aromatic carbocycles. The molecule has 2 rings (SSSR count). The number of nitrogens with zero attached hydrogens (tertiary/aromatic N) is 1. The quantitative estimate of drug-likeness (QED) is 0.753. The molecule has 112 valence electrons. The fraction of sp³-hybridized carbons (Fsp3) is 0.538. The molecule has 0 aromatic heterocycles. The van der Waals surface area contributed by atoms with Crippen molar-refractivity contribution in [1.82, 2.24) is 4.31 Å². The predicted octanol–water partition coefficient (Wildman–Crippen LogP) is 2.10. The zero-order valence-corrected chi connectivity index (χ0v) is 12.9. The number of rotatable bonds is 6. The predicted molar refractivity (Wildman–Crippen MR) is 77.2 cm³/mol. The van der Waals surface area contributed by atoms with Gasteiger partial charge in [0.1, 0.15) is 13.2 Å². The van der Waals surface area contributed by atoms with Crippen molar-refractivity contribution in [3.8, 4) is 11.5 Å². The van der Waals surface area contributed by atoms with Gasteiger partial charge in [0.15, 0.2) is 11.5 Å². The summed E-state index contributed by atoms with van der Waals surface area (Å²) in [7, 11) is -3.55. The SMILES string of the molecule is CCCN(CCCl)S(=O)(=O)c1ccc2c(c1)OCCO2. The minimum atomic E-state index is -3.55. The number of hydrogen-bond donors (Lipinski definition) is 0. The normalized spacial score (nSPS) is 14.6. The van der Waals surface area contributed by atoms with Gasteiger partial charge in [-0.15, -0.1) is 11.6 Å². The van der Waals surface area contributed by atoms with E-state index in [0.29, 0.717) is 37.8 Å². The molecule has 0 aliphatic carbocycles. The van der Waals surface area contributed by atoms with Gasteiger partial charge in [0, 0.05) is 25.0 Å². The lowest BCUT2D eigenvalue weighted by Crippen LogP contribution is -2.33. The largest absolute Gasteiger partial charge is 0.486 e. The second-order valence-corrected chi connectivity index (χ2v) is 6.71. The van der Waals surface area contributed by atoms with Gasteiger partial charge in [0.05, 0.1) is 4.90 Å². The van der Waals surface area contributed by atoms with E-state index in [1.54, 1.807) is 12.1 Å². The maximum absolute atomic E-state index is 12.6. The monoisotopic (exact) mass is 319 g/mol. The van der Waals surface area contributed by atoms with Gasteiger partial charge in [-0.2, -0.15) is 4.31 Å². The highest BCUT2D eigenvalue weighted by Crippen LogP contribution is 2.33. The Bertz CT molecular complexity index is 555. The Morgan fingerprint density at radius 1 is 1.20 bits per heavy atom. The van der Waals surface area contributed by atoms with Gasteiger partial charge in [-0.1, -0.05) is 6.92 Å². The number of hydrogen-bond acceptors (Lipinski definition) is 4. The Labute approximate surface area is 124 Å². The molecule has 5 nitrogen and oxygen atoms in total. The van der Waals surface area contributed by atoms with Gasteiger partial charge in [0.25, 0.3) is 0 Å². The van der Waals surface area contributed by atoms with Crippen molar-refractivity contribution in [3.63, 3.8) is 0 Å². The number of halogens is 1. The molecule has 0 radical (unpaired) electrons. The molecule has 1 aliphatic heterocycles. The molecular weight excluding hydrogens is 302 g/mol. The molecule has 0 atom stereocenters. The third-order valence-corrected chi connectivity index (χ3v) is 5.02. The summed E-state index contributed by atoms with van der Waals surface area (Å²) >= 11 is 5.69. The fourth-order valence-corrected chi connectivity index (χ4v) is 3.88. The zero-order valence-electron chi connectivity index (χ0n) is 11.3. The van der Waals surface area contributed by atoms with Crippen LogP contribution in [0.4, 0.5) is 0 Å². The minimum absolute atomic E-state index is 0.209. The summed E-state index contributed by atoms with van der Waals surface area (Å²) in [5.74, 6) is 1.32. The second kappa shape index (κ2) is 6.65. The van der Waals surface area contributed by atoms with Crippen LogP contribution in [0.1, 0.15) is 13.3 Å². The molecule has 1 aliphatic rings. The van der Waals surface area contributed by atoms with Crippen LogP contribution in [0.3, 0.4) is 0 Å².